The molecule has 0 spiro atoms. The van der Waals surface area contributed by atoms with Gasteiger partial charge in [0.25, 0.3) is 0 Å². The first-order valence-electron chi connectivity index (χ1n) is 10.6. The van der Waals surface area contributed by atoms with Crippen LogP contribution in [-0.4, -0.2) is 4.98 Å². The van der Waals surface area contributed by atoms with Crippen molar-refractivity contribution in [3.63, 3.8) is 0 Å². The van der Waals surface area contributed by atoms with Crippen LogP contribution in [0.2, 0.25) is 0 Å². The molecule has 1 aromatic heterocycles. The molecule has 4 rings (SSSR count). The van der Waals surface area contributed by atoms with Gasteiger partial charge in [-0.3, -0.25) is 4.98 Å². The topological polar surface area (TPSA) is 37.0 Å². The average Bonchev–Trinajstić information content (AvgIpc) is 2.79. The molecule has 0 fully saturated rings. The first-order valence-corrected chi connectivity index (χ1v) is 10.6. The maximum atomic E-state index is 4.55. The van der Waals surface area contributed by atoms with Gasteiger partial charge in [0.05, 0.1) is 5.52 Å². The Morgan fingerprint density at radius 3 is 2.10 bits per heavy atom. The van der Waals surface area contributed by atoms with Crippen molar-refractivity contribution in [3.8, 4) is 0 Å². The normalized spacial score (nSPS) is 11.2. The van der Waals surface area contributed by atoms with E-state index in [4.69, 9.17) is 0 Å². The smallest absolute Gasteiger partial charge is 0.0725 e. The Balaban J connectivity index is 1.35. The number of hydrogen-bond acceptors (Lipinski definition) is 3. The minimum atomic E-state index is 0.508. The summed E-state index contributed by atoms with van der Waals surface area (Å²) in [6.07, 6.45) is 1.89. The number of rotatable bonds is 8. The van der Waals surface area contributed by atoms with Crippen molar-refractivity contribution in [2.24, 2.45) is 0 Å². The summed E-state index contributed by atoms with van der Waals surface area (Å²) in [5.74, 6) is 0.508. The minimum Gasteiger partial charge on any atom is -0.380 e. The molecule has 0 amide bonds. The van der Waals surface area contributed by atoms with Crippen molar-refractivity contribution in [2.75, 3.05) is 5.32 Å². The largest absolute Gasteiger partial charge is 0.380 e. The highest BCUT2D eigenvalue weighted by Gasteiger charge is 2.05. The molecule has 30 heavy (non-hydrogen) atoms. The van der Waals surface area contributed by atoms with E-state index in [2.05, 4.69) is 102 Å². The SMILES string of the molecule is CC(C)c1ccc2c(NCc3ccc(CNCc4ccccc4)cc3)ccnc2c1. The summed E-state index contributed by atoms with van der Waals surface area (Å²) in [5, 5.41) is 8.26. The Morgan fingerprint density at radius 1 is 0.733 bits per heavy atom. The van der Waals surface area contributed by atoms with E-state index in [9.17, 15) is 0 Å². The number of fused-ring (bicyclic) bond motifs is 1. The first kappa shape index (κ1) is 20.1. The van der Waals surface area contributed by atoms with Gasteiger partial charge < -0.3 is 10.6 Å². The molecule has 0 atom stereocenters. The first-order chi connectivity index (χ1) is 14.7. The van der Waals surface area contributed by atoms with E-state index >= 15 is 0 Å². The predicted molar refractivity (Wildman–Crippen MR) is 127 cm³/mol. The molecule has 0 saturated carbocycles. The third-order valence-corrected chi connectivity index (χ3v) is 5.44. The molecule has 4 aromatic rings. The van der Waals surface area contributed by atoms with Crippen LogP contribution in [0.1, 0.15) is 42.0 Å². The lowest BCUT2D eigenvalue weighted by atomic mass is 10.0. The van der Waals surface area contributed by atoms with Gasteiger partial charge in [0, 0.05) is 36.9 Å². The zero-order valence-corrected chi connectivity index (χ0v) is 17.7. The molecule has 152 valence electrons. The molecule has 3 aromatic carbocycles. The van der Waals surface area contributed by atoms with Crippen LogP contribution in [0.5, 0.6) is 0 Å². The van der Waals surface area contributed by atoms with Gasteiger partial charge >= 0.3 is 0 Å². The van der Waals surface area contributed by atoms with Crippen LogP contribution >= 0.6 is 0 Å². The number of hydrogen-bond donors (Lipinski definition) is 2. The Bertz CT molecular complexity index is 1090. The molecular weight excluding hydrogens is 366 g/mol. The van der Waals surface area contributed by atoms with Crippen molar-refractivity contribution in [1.29, 1.82) is 0 Å². The summed E-state index contributed by atoms with van der Waals surface area (Å²) in [6, 6.07) is 27.9. The van der Waals surface area contributed by atoms with Crippen molar-refractivity contribution >= 4 is 16.6 Å². The van der Waals surface area contributed by atoms with Crippen LogP contribution in [0.4, 0.5) is 5.69 Å². The van der Waals surface area contributed by atoms with Crippen LogP contribution in [0, 0.1) is 0 Å². The average molecular weight is 396 g/mol. The molecular formula is C27H29N3. The highest BCUT2D eigenvalue weighted by atomic mass is 14.9. The lowest BCUT2D eigenvalue weighted by Gasteiger charge is -2.12. The monoisotopic (exact) mass is 395 g/mol. The van der Waals surface area contributed by atoms with Gasteiger partial charge in [0.15, 0.2) is 0 Å². The molecule has 0 bridgehead atoms. The summed E-state index contributed by atoms with van der Waals surface area (Å²) in [5.41, 5.74) is 7.37. The fraction of sp³-hybridized carbons (Fsp3) is 0.222. The molecule has 0 aliphatic heterocycles. The zero-order valence-electron chi connectivity index (χ0n) is 17.7. The summed E-state index contributed by atoms with van der Waals surface area (Å²) in [7, 11) is 0. The molecule has 3 heteroatoms. The van der Waals surface area contributed by atoms with Gasteiger partial charge in [-0.25, -0.2) is 0 Å². The Labute approximate surface area is 179 Å². The molecule has 0 aliphatic rings. The van der Waals surface area contributed by atoms with E-state index in [1.165, 1.54) is 27.6 Å². The van der Waals surface area contributed by atoms with Crippen molar-refractivity contribution in [2.45, 2.75) is 39.4 Å². The number of nitrogens with one attached hydrogen (secondary N) is 2. The summed E-state index contributed by atoms with van der Waals surface area (Å²) in [6.45, 7) is 6.98. The molecule has 0 aliphatic carbocycles. The second-order valence-corrected chi connectivity index (χ2v) is 8.05. The van der Waals surface area contributed by atoms with Crippen LogP contribution in [0.15, 0.2) is 85.1 Å². The second-order valence-electron chi connectivity index (χ2n) is 8.05. The quantitative estimate of drug-likeness (QED) is 0.370. The van der Waals surface area contributed by atoms with Gasteiger partial charge in [-0.1, -0.05) is 80.6 Å². The molecule has 2 N–H and O–H groups in total. The number of benzene rings is 3. The number of aromatic nitrogens is 1. The maximum absolute atomic E-state index is 4.55. The van der Waals surface area contributed by atoms with Crippen molar-refractivity contribution < 1.29 is 0 Å². The van der Waals surface area contributed by atoms with Gasteiger partial charge in [0.2, 0.25) is 0 Å². The van der Waals surface area contributed by atoms with Gasteiger partial charge in [-0.2, -0.15) is 0 Å². The standard InChI is InChI=1S/C27H29N3/c1-20(2)24-12-13-25-26(14-15-29-27(25)16-24)30-19-23-10-8-22(9-11-23)18-28-17-21-6-4-3-5-7-21/h3-16,20,28H,17-19H2,1-2H3,(H,29,30). The maximum Gasteiger partial charge on any atom is 0.0725 e. The third kappa shape index (κ3) is 5.05. The van der Waals surface area contributed by atoms with E-state index in [1.807, 2.05) is 12.3 Å². The van der Waals surface area contributed by atoms with Gasteiger partial charge in [0.1, 0.15) is 0 Å². The van der Waals surface area contributed by atoms with Crippen molar-refractivity contribution in [1.82, 2.24) is 10.3 Å². The van der Waals surface area contributed by atoms with E-state index in [0.717, 1.165) is 30.8 Å². The number of pyridine rings is 1. The van der Waals surface area contributed by atoms with Crippen LogP contribution < -0.4 is 10.6 Å². The highest BCUT2D eigenvalue weighted by Crippen LogP contribution is 2.25. The Hall–Kier alpha value is -3.17. The third-order valence-electron chi connectivity index (χ3n) is 5.44. The van der Waals surface area contributed by atoms with Gasteiger partial charge in [-0.15, -0.1) is 0 Å². The summed E-state index contributed by atoms with van der Waals surface area (Å²) < 4.78 is 0. The Morgan fingerprint density at radius 2 is 1.40 bits per heavy atom. The zero-order chi connectivity index (χ0) is 20.8. The van der Waals surface area contributed by atoms with Crippen LogP contribution in [0.25, 0.3) is 10.9 Å². The predicted octanol–water partition coefficient (Wildman–Crippen LogP) is 6.26. The fourth-order valence-electron chi connectivity index (χ4n) is 3.60. The van der Waals surface area contributed by atoms with Crippen LogP contribution in [0.3, 0.4) is 0 Å². The molecule has 3 nitrogen and oxygen atoms in total. The second kappa shape index (κ2) is 9.55. The van der Waals surface area contributed by atoms with Gasteiger partial charge in [-0.05, 0) is 40.3 Å². The van der Waals surface area contributed by atoms with E-state index in [0.29, 0.717) is 5.92 Å². The van der Waals surface area contributed by atoms with Crippen molar-refractivity contribution in [3.05, 3.63) is 107 Å². The molecule has 0 saturated heterocycles. The summed E-state index contributed by atoms with van der Waals surface area (Å²) in [4.78, 5) is 4.55. The van der Waals surface area contributed by atoms with E-state index in [-0.39, 0.29) is 0 Å². The number of nitrogens with zero attached hydrogens (tertiary/aromatic N) is 1. The van der Waals surface area contributed by atoms with E-state index < -0.39 is 0 Å². The molecule has 0 radical (unpaired) electrons. The molecule has 0 unspecified atom stereocenters. The highest BCUT2D eigenvalue weighted by molar-refractivity contribution is 5.91. The van der Waals surface area contributed by atoms with E-state index in [1.54, 1.807) is 0 Å². The summed E-state index contributed by atoms with van der Waals surface area (Å²) >= 11 is 0. The fourth-order valence-corrected chi connectivity index (χ4v) is 3.60. The Kier molecular flexibility index (Phi) is 6.41. The minimum absolute atomic E-state index is 0.508. The lowest BCUT2D eigenvalue weighted by molar-refractivity contribution is 0.693. The number of anilines is 1. The lowest BCUT2D eigenvalue weighted by Crippen LogP contribution is -2.12. The van der Waals surface area contributed by atoms with Crippen LogP contribution in [-0.2, 0) is 19.6 Å². The molecule has 1 heterocycles.